The molecule has 1 aliphatic heterocycles. The number of hydrogen-bond donors (Lipinski definition) is 0. The van der Waals surface area contributed by atoms with Gasteiger partial charge in [-0.25, -0.2) is 4.98 Å². The van der Waals surface area contributed by atoms with E-state index in [4.69, 9.17) is 13.8 Å². The van der Waals surface area contributed by atoms with Crippen molar-refractivity contribution >= 4 is 37.8 Å². The van der Waals surface area contributed by atoms with Crippen LogP contribution < -0.4 is 15.1 Å². The molecule has 31 heavy (non-hydrogen) atoms. The Morgan fingerprint density at radius 3 is 2.26 bits per heavy atom. The van der Waals surface area contributed by atoms with Crippen molar-refractivity contribution in [1.82, 2.24) is 4.98 Å². The van der Waals surface area contributed by atoms with E-state index in [-0.39, 0.29) is 0 Å². The maximum atomic E-state index is 6.84. The SMILES string of the molecule is COc1ccc2ccccc2c1-c1nc(-c2ccccc2)cc2c1[Si](C)(C)O[Si]2(C)C. The minimum atomic E-state index is -2.13. The van der Waals surface area contributed by atoms with Gasteiger partial charge in [-0.05, 0) is 59.5 Å². The van der Waals surface area contributed by atoms with Crippen molar-refractivity contribution in [2.45, 2.75) is 26.2 Å². The van der Waals surface area contributed by atoms with E-state index in [2.05, 4.69) is 92.9 Å². The summed E-state index contributed by atoms with van der Waals surface area (Å²) >= 11 is 0. The number of hydrogen-bond acceptors (Lipinski definition) is 3. The zero-order chi connectivity index (χ0) is 21.8. The van der Waals surface area contributed by atoms with Crippen molar-refractivity contribution in [2.75, 3.05) is 7.11 Å². The van der Waals surface area contributed by atoms with Crippen LogP contribution in [-0.2, 0) is 4.12 Å². The first kappa shape index (κ1) is 20.2. The molecule has 5 rings (SSSR count). The van der Waals surface area contributed by atoms with Crippen LogP contribution in [0, 0.1) is 0 Å². The van der Waals surface area contributed by atoms with E-state index in [9.17, 15) is 0 Å². The van der Waals surface area contributed by atoms with Gasteiger partial charge in [0.25, 0.3) is 0 Å². The third kappa shape index (κ3) is 3.24. The summed E-state index contributed by atoms with van der Waals surface area (Å²) in [6, 6.07) is 25.4. The summed E-state index contributed by atoms with van der Waals surface area (Å²) in [4.78, 5) is 5.30. The molecule has 3 nitrogen and oxygen atoms in total. The minimum Gasteiger partial charge on any atom is -0.496 e. The molecule has 0 N–H and O–H groups in total. The standard InChI is InChI=1S/C26H27NO2Si2/c1-28-22-16-15-18-11-9-10-14-20(18)24(22)25-26-23(30(2,3)29-31(26,4)5)17-21(27-25)19-12-7-6-8-13-19/h6-17H,1-5H3. The lowest BCUT2D eigenvalue weighted by atomic mass is 9.99. The summed E-state index contributed by atoms with van der Waals surface area (Å²) in [6.07, 6.45) is 0. The zero-order valence-electron chi connectivity index (χ0n) is 18.7. The average molecular weight is 442 g/mol. The van der Waals surface area contributed by atoms with E-state index in [0.717, 1.165) is 33.7 Å². The lowest BCUT2D eigenvalue weighted by Gasteiger charge is -2.23. The molecule has 5 heteroatoms. The summed E-state index contributed by atoms with van der Waals surface area (Å²) in [5.74, 6) is 0.856. The van der Waals surface area contributed by atoms with Gasteiger partial charge in [0.15, 0.2) is 0 Å². The first-order valence-corrected chi connectivity index (χ1v) is 16.5. The number of pyridine rings is 1. The Morgan fingerprint density at radius 2 is 1.52 bits per heavy atom. The molecule has 0 atom stereocenters. The molecule has 0 bridgehead atoms. The highest BCUT2D eigenvalue weighted by molar-refractivity contribution is 7.06. The summed E-state index contributed by atoms with van der Waals surface area (Å²) in [5, 5.41) is 5.06. The number of methoxy groups -OCH3 is 1. The lowest BCUT2D eigenvalue weighted by Crippen LogP contribution is -2.46. The van der Waals surface area contributed by atoms with Crippen LogP contribution in [0.3, 0.4) is 0 Å². The van der Waals surface area contributed by atoms with E-state index in [1.807, 2.05) is 6.07 Å². The lowest BCUT2D eigenvalue weighted by molar-refractivity contribution is 0.417. The van der Waals surface area contributed by atoms with Crippen molar-refractivity contribution < 1.29 is 8.85 Å². The van der Waals surface area contributed by atoms with Crippen molar-refractivity contribution in [3.63, 3.8) is 0 Å². The Bertz CT molecular complexity index is 1300. The predicted molar refractivity (Wildman–Crippen MR) is 134 cm³/mol. The van der Waals surface area contributed by atoms with E-state index in [1.165, 1.54) is 15.8 Å². The van der Waals surface area contributed by atoms with Gasteiger partial charge in [-0.15, -0.1) is 0 Å². The molecule has 0 amide bonds. The quantitative estimate of drug-likeness (QED) is 0.397. The van der Waals surface area contributed by atoms with Crippen LogP contribution in [0.5, 0.6) is 5.75 Å². The fraction of sp³-hybridized carbons (Fsp3) is 0.192. The van der Waals surface area contributed by atoms with Crippen LogP contribution in [0.4, 0.5) is 0 Å². The van der Waals surface area contributed by atoms with E-state index in [0.29, 0.717) is 0 Å². The van der Waals surface area contributed by atoms with E-state index in [1.54, 1.807) is 7.11 Å². The Hall–Kier alpha value is -2.74. The number of fused-ring (bicyclic) bond motifs is 2. The molecule has 4 aromatic rings. The highest BCUT2D eigenvalue weighted by Crippen LogP contribution is 2.38. The molecule has 1 aliphatic rings. The molecule has 0 aliphatic carbocycles. The first-order chi connectivity index (χ1) is 14.8. The van der Waals surface area contributed by atoms with Crippen LogP contribution in [-0.4, -0.2) is 28.7 Å². The fourth-order valence-corrected chi connectivity index (χ4v) is 15.4. The molecular formula is C26H27NO2Si2. The smallest absolute Gasteiger partial charge is 0.208 e. The molecule has 0 spiro atoms. The van der Waals surface area contributed by atoms with Crippen molar-refractivity contribution in [3.8, 4) is 28.3 Å². The molecule has 3 aromatic carbocycles. The number of aromatic nitrogens is 1. The molecule has 0 saturated heterocycles. The largest absolute Gasteiger partial charge is 0.496 e. The van der Waals surface area contributed by atoms with Crippen LogP contribution in [0.2, 0.25) is 26.2 Å². The summed E-state index contributed by atoms with van der Waals surface area (Å²) < 4.78 is 12.7. The van der Waals surface area contributed by atoms with Gasteiger partial charge in [0, 0.05) is 5.56 Å². The molecule has 0 radical (unpaired) electrons. The first-order valence-electron chi connectivity index (χ1n) is 10.7. The molecule has 0 fully saturated rings. The van der Waals surface area contributed by atoms with Gasteiger partial charge in [-0.1, -0.05) is 60.7 Å². The van der Waals surface area contributed by atoms with Crippen LogP contribution in [0.15, 0.2) is 72.8 Å². The van der Waals surface area contributed by atoms with Crippen LogP contribution in [0.25, 0.3) is 33.3 Å². The third-order valence-electron chi connectivity index (χ3n) is 6.20. The van der Waals surface area contributed by atoms with Crippen molar-refractivity contribution in [3.05, 3.63) is 72.8 Å². The number of benzene rings is 3. The van der Waals surface area contributed by atoms with Crippen LogP contribution >= 0.6 is 0 Å². The van der Waals surface area contributed by atoms with Crippen LogP contribution in [0.1, 0.15) is 0 Å². The second kappa shape index (κ2) is 7.16. The predicted octanol–water partition coefficient (Wildman–Crippen LogP) is 5.43. The van der Waals surface area contributed by atoms with Gasteiger partial charge in [-0.2, -0.15) is 0 Å². The number of nitrogens with zero attached hydrogens (tertiary/aromatic N) is 1. The molecular weight excluding hydrogens is 414 g/mol. The second-order valence-corrected chi connectivity index (χ2v) is 17.0. The molecule has 156 valence electrons. The van der Waals surface area contributed by atoms with E-state index >= 15 is 0 Å². The summed E-state index contributed by atoms with van der Waals surface area (Å²) in [5.41, 5.74) is 4.23. The Kier molecular flexibility index (Phi) is 4.66. The Labute approximate surface area is 186 Å². The maximum Gasteiger partial charge on any atom is 0.208 e. The molecule has 2 heterocycles. The summed E-state index contributed by atoms with van der Waals surface area (Å²) in [6.45, 7) is 9.23. The minimum absolute atomic E-state index is 0.856. The second-order valence-electron chi connectivity index (χ2n) is 9.13. The maximum absolute atomic E-state index is 6.84. The topological polar surface area (TPSA) is 31.4 Å². The highest BCUT2D eigenvalue weighted by Gasteiger charge is 2.49. The summed E-state index contributed by atoms with van der Waals surface area (Å²) in [7, 11) is -2.42. The van der Waals surface area contributed by atoms with Gasteiger partial charge in [0.2, 0.25) is 16.6 Å². The molecule has 1 aromatic heterocycles. The van der Waals surface area contributed by atoms with Crippen molar-refractivity contribution in [1.29, 1.82) is 0 Å². The van der Waals surface area contributed by atoms with Crippen molar-refractivity contribution in [2.24, 2.45) is 0 Å². The zero-order valence-corrected chi connectivity index (χ0v) is 20.7. The molecule has 0 unspecified atom stereocenters. The fourth-order valence-electron chi connectivity index (χ4n) is 4.98. The highest BCUT2D eigenvalue weighted by atomic mass is 28.4. The van der Waals surface area contributed by atoms with Gasteiger partial charge < -0.3 is 8.85 Å². The number of rotatable bonds is 3. The third-order valence-corrected chi connectivity index (χ3v) is 13.9. The Balaban J connectivity index is 1.93. The average Bonchev–Trinajstić information content (AvgIpc) is 2.96. The van der Waals surface area contributed by atoms with E-state index < -0.39 is 16.6 Å². The van der Waals surface area contributed by atoms with Gasteiger partial charge in [0.1, 0.15) is 5.75 Å². The molecule has 0 saturated carbocycles. The Morgan fingerprint density at radius 1 is 0.806 bits per heavy atom. The normalized spacial score (nSPS) is 16.3. The van der Waals surface area contributed by atoms with Gasteiger partial charge >= 0.3 is 0 Å². The number of ether oxygens (including phenoxy) is 1. The monoisotopic (exact) mass is 441 g/mol. The van der Waals surface area contributed by atoms with Gasteiger partial charge in [-0.3, -0.25) is 0 Å². The van der Waals surface area contributed by atoms with Gasteiger partial charge in [0.05, 0.1) is 24.1 Å².